The Morgan fingerprint density at radius 3 is 3.00 bits per heavy atom. The third kappa shape index (κ3) is 4.64. The zero-order chi connectivity index (χ0) is 20.1. The third-order valence-corrected chi connectivity index (χ3v) is 4.66. The van der Waals surface area contributed by atoms with Crippen LogP contribution < -0.4 is 15.4 Å². The summed E-state index contributed by atoms with van der Waals surface area (Å²) in [6, 6.07) is 10.7. The molecule has 2 atom stereocenters. The van der Waals surface area contributed by atoms with E-state index in [0.29, 0.717) is 31.5 Å². The number of nitrogens with one attached hydrogen (secondary N) is 3. The van der Waals surface area contributed by atoms with E-state index in [1.54, 1.807) is 19.4 Å². The van der Waals surface area contributed by atoms with Gasteiger partial charge in [-0.2, -0.15) is 0 Å². The fraction of sp³-hybridized carbons (Fsp3) is 0.350. The Morgan fingerprint density at radius 2 is 2.24 bits per heavy atom. The van der Waals surface area contributed by atoms with Crippen molar-refractivity contribution in [1.82, 2.24) is 20.5 Å². The van der Waals surface area contributed by atoms with Crippen LogP contribution in [0.1, 0.15) is 18.0 Å². The first kappa shape index (κ1) is 19.2. The molecule has 0 saturated carbocycles. The summed E-state index contributed by atoms with van der Waals surface area (Å²) in [7, 11) is 1.60. The number of ether oxygens (including phenoxy) is 3. The van der Waals surface area contributed by atoms with E-state index < -0.39 is 0 Å². The summed E-state index contributed by atoms with van der Waals surface area (Å²) in [4.78, 5) is 16.8. The van der Waals surface area contributed by atoms with E-state index in [4.69, 9.17) is 14.2 Å². The monoisotopic (exact) mass is 397 g/mol. The number of nitrogens with zero attached hydrogens (tertiary/aromatic N) is 2. The van der Waals surface area contributed by atoms with Gasteiger partial charge in [0.25, 0.3) is 0 Å². The van der Waals surface area contributed by atoms with Gasteiger partial charge in [-0.25, -0.2) is 9.78 Å². The van der Waals surface area contributed by atoms with Crippen molar-refractivity contribution in [3.63, 3.8) is 0 Å². The molecule has 0 spiro atoms. The molecular weight excluding hydrogens is 374 g/mol. The standard InChI is InChI=1S/C20H23N5O4/c1-27-12-17(13-5-3-2-4-6-13)22-20(26)23-18-9-16-15(10-21-18)19(25-24-16)29-14-7-8-28-11-14/h2-6,9-10,14,17H,7-8,11-12H2,1H3,(H,24,25)(H2,21,22,23,26)/t14?,17-/m1/s1. The van der Waals surface area contributed by atoms with Crippen LogP contribution >= 0.6 is 0 Å². The van der Waals surface area contributed by atoms with Gasteiger partial charge in [-0.1, -0.05) is 30.3 Å². The van der Waals surface area contributed by atoms with Crippen molar-refractivity contribution in [2.24, 2.45) is 0 Å². The summed E-state index contributed by atoms with van der Waals surface area (Å²) in [5.74, 6) is 0.891. The average molecular weight is 397 g/mol. The highest BCUT2D eigenvalue weighted by atomic mass is 16.5. The van der Waals surface area contributed by atoms with Gasteiger partial charge < -0.3 is 19.5 Å². The summed E-state index contributed by atoms with van der Waals surface area (Å²) >= 11 is 0. The number of hydrogen-bond donors (Lipinski definition) is 3. The van der Waals surface area contributed by atoms with Gasteiger partial charge in [0.2, 0.25) is 5.88 Å². The number of hydrogen-bond acceptors (Lipinski definition) is 6. The van der Waals surface area contributed by atoms with E-state index in [2.05, 4.69) is 25.8 Å². The molecule has 0 radical (unpaired) electrons. The Labute approximate surface area is 167 Å². The minimum Gasteiger partial charge on any atom is -0.470 e. The number of aromatic amines is 1. The predicted molar refractivity (Wildman–Crippen MR) is 107 cm³/mol. The number of H-pyrrole nitrogens is 1. The molecule has 3 aromatic rings. The SMILES string of the molecule is COC[C@@H](NC(=O)Nc1cc2[nH]nc(OC3CCOC3)c2cn1)c1ccccc1. The van der Waals surface area contributed by atoms with Crippen LogP contribution in [-0.2, 0) is 9.47 Å². The largest absolute Gasteiger partial charge is 0.470 e. The van der Waals surface area contributed by atoms with Crippen LogP contribution in [0.4, 0.5) is 10.6 Å². The van der Waals surface area contributed by atoms with Crippen molar-refractivity contribution in [2.45, 2.75) is 18.6 Å². The molecule has 1 unspecified atom stereocenters. The van der Waals surface area contributed by atoms with Crippen LogP contribution in [0.3, 0.4) is 0 Å². The summed E-state index contributed by atoms with van der Waals surface area (Å²) in [5.41, 5.74) is 1.68. The molecule has 4 rings (SSSR count). The number of rotatable bonds is 7. The lowest BCUT2D eigenvalue weighted by molar-refractivity contribution is 0.139. The lowest BCUT2D eigenvalue weighted by Crippen LogP contribution is -2.35. The molecule has 9 heteroatoms. The first-order chi connectivity index (χ1) is 14.2. The lowest BCUT2D eigenvalue weighted by atomic mass is 10.1. The minimum atomic E-state index is -0.373. The molecule has 2 aromatic heterocycles. The van der Waals surface area contributed by atoms with Crippen LogP contribution in [0.2, 0.25) is 0 Å². The highest BCUT2D eigenvalue weighted by Crippen LogP contribution is 2.25. The fourth-order valence-electron chi connectivity index (χ4n) is 3.20. The highest BCUT2D eigenvalue weighted by molar-refractivity contribution is 5.92. The van der Waals surface area contributed by atoms with Crippen LogP contribution in [0.25, 0.3) is 10.9 Å². The Hall–Kier alpha value is -3.17. The number of pyridine rings is 1. The van der Waals surface area contributed by atoms with Gasteiger partial charge in [-0.15, -0.1) is 5.10 Å². The lowest BCUT2D eigenvalue weighted by Gasteiger charge is -2.18. The molecule has 1 aliphatic heterocycles. The number of fused-ring (bicyclic) bond motifs is 1. The van der Waals surface area contributed by atoms with E-state index in [0.717, 1.165) is 22.9 Å². The van der Waals surface area contributed by atoms with Crippen molar-refractivity contribution >= 4 is 22.8 Å². The predicted octanol–water partition coefficient (Wildman–Crippen LogP) is 2.63. The molecule has 3 N–H and O–H groups in total. The normalized spacial score (nSPS) is 17.2. The van der Waals surface area contributed by atoms with E-state index >= 15 is 0 Å². The van der Waals surface area contributed by atoms with Gasteiger partial charge in [-0.05, 0) is 5.56 Å². The molecule has 3 heterocycles. The number of aromatic nitrogens is 3. The van der Waals surface area contributed by atoms with E-state index in [9.17, 15) is 4.79 Å². The van der Waals surface area contributed by atoms with Crippen LogP contribution in [0, 0.1) is 0 Å². The Balaban J connectivity index is 1.42. The molecule has 1 aromatic carbocycles. The van der Waals surface area contributed by atoms with Crippen molar-refractivity contribution < 1.29 is 19.0 Å². The first-order valence-electron chi connectivity index (χ1n) is 9.43. The van der Waals surface area contributed by atoms with Gasteiger partial charge in [0.15, 0.2) is 0 Å². The highest BCUT2D eigenvalue weighted by Gasteiger charge is 2.20. The second-order valence-electron chi connectivity index (χ2n) is 6.76. The number of urea groups is 1. The number of anilines is 1. The Bertz CT molecular complexity index is 956. The van der Waals surface area contributed by atoms with Gasteiger partial charge in [0.05, 0.1) is 36.8 Å². The van der Waals surface area contributed by atoms with Gasteiger partial charge in [0, 0.05) is 25.8 Å². The molecule has 9 nitrogen and oxygen atoms in total. The molecule has 1 aliphatic rings. The Morgan fingerprint density at radius 1 is 1.38 bits per heavy atom. The van der Waals surface area contributed by atoms with Crippen molar-refractivity contribution in [1.29, 1.82) is 0 Å². The van der Waals surface area contributed by atoms with Crippen LogP contribution in [-0.4, -0.2) is 54.2 Å². The number of carbonyl (C=O) groups is 1. The number of carbonyl (C=O) groups excluding carboxylic acids is 1. The topological polar surface area (TPSA) is 110 Å². The Kier molecular flexibility index (Phi) is 5.87. The number of methoxy groups -OCH3 is 1. The van der Waals surface area contributed by atoms with E-state index in [-0.39, 0.29) is 18.2 Å². The van der Waals surface area contributed by atoms with Crippen LogP contribution in [0.5, 0.6) is 5.88 Å². The quantitative estimate of drug-likeness (QED) is 0.565. The van der Waals surface area contributed by atoms with Crippen molar-refractivity contribution in [3.8, 4) is 5.88 Å². The summed E-state index contributed by atoms with van der Waals surface area (Å²) in [6.45, 7) is 1.61. The third-order valence-electron chi connectivity index (χ3n) is 4.66. The molecule has 1 fully saturated rings. The van der Waals surface area contributed by atoms with Crippen molar-refractivity contribution in [3.05, 3.63) is 48.2 Å². The summed E-state index contributed by atoms with van der Waals surface area (Å²) in [6.07, 6.45) is 2.47. The molecule has 1 saturated heterocycles. The molecular formula is C20H23N5O4. The summed E-state index contributed by atoms with van der Waals surface area (Å²) < 4.78 is 16.4. The molecule has 0 bridgehead atoms. The maximum atomic E-state index is 12.5. The van der Waals surface area contributed by atoms with Crippen LogP contribution in [0.15, 0.2) is 42.6 Å². The van der Waals surface area contributed by atoms with Gasteiger partial charge in [-0.3, -0.25) is 10.4 Å². The number of amides is 2. The number of benzene rings is 1. The second-order valence-corrected chi connectivity index (χ2v) is 6.76. The van der Waals surface area contributed by atoms with E-state index in [1.165, 1.54) is 0 Å². The zero-order valence-electron chi connectivity index (χ0n) is 16.1. The van der Waals surface area contributed by atoms with E-state index in [1.807, 2.05) is 30.3 Å². The summed E-state index contributed by atoms with van der Waals surface area (Å²) in [5, 5.41) is 13.5. The molecule has 0 aliphatic carbocycles. The minimum absolute atomic E-state index is 0.000726. The van der Waals surface area contributed by atoms with Gasteiger partial charge >= 0.3 is 6.03 Å². The fourth-order valence-corrected chi connectivity index (χ4v) is 3.20. The van der Waals surface area contributed by atoms with Gasteiger partial charge in [0.1, 0.15) is 11.9 Å². The second kappa shape index (κ2) is 8.89. The molecule has 152 valence electrons. The van der Waals surface area contributed by atoms with Crippen molar-refractivity contribution in [2.75, 3.05) is 32.2 Å². The maximum Gasteiger partial charge on any atom is 0.320 e. The first-order valence-corrected chi connectivity index (χ1v) is 9.43. The molecule has 29 heavy (non-hydrogen) atoms. The zero-order valence-corrected chi connectivity index (χ0v) is 16.1. The molecule has 2 amide bonds. The average Bonchev–Trinajstić information content (AvgIpc) is 3.39. The smallest absolute Gasteiger partial charge is 0.320 e. The maximum absolute atomic E-state index is 12.5.